The molecule has 22 heavy (non-hydrogen) atoms. The van der Waals surface area contributed by atoms with Gasteiger partial charge < -0.3 is 14.8 Å². The van der Waals surface area contributed by atoms with E-state index >= 15 is 0 Å². The van der Waals surface area contributed by atoms with Gasteiger partial charge in [-0.3, -0.25) is 4.79 Å². The van der Waals surface area contributed by atoms with Crippen LogP contribution in [0.4, 0.5) is 0 Å². The lowest BCUT2D eigenvalue weighted by Crippen LogP contribution is -2.22. The smallest absolute Gasteiger partial charge is 0.251 e. The number of nitrogens with one attached hydrogen (secondary N) is 1. The molecule has 4 nitrogen and oxygen atoms in total. The highest BCUT2D eigenvalue weighted by molar-refractivity contribution is 9.10. The van der Waals surface area contributed by atoms with E-state index in [4.69, 9.17) is 9.47 Å². The third kappa shape index (κ3) is 3.81. The van der Waals surface area contributed by atoms with Crippen molar-refractivity contribution in [1.82, 2.24) is 5.32 Å². The molecule has 118 valence electrons. The van der Waals surface area contributed by atoms with Crippen LogP contribution in [-0.4, -0.2) is 19.6 Å². The number of methoxy groups -OCH3 is 1. The molecule has 0 unspecified atom stereocenters. The predicted octanol–water partition coefficient (Wildman–Crippen LogP) is 4.16. The highest BCUT2D eigenvalue weighted by atomic mass is 79.9. The minimum atomic E-state index is -0.144. The van der Waals surface area contributed by atoms with Gasteiger partial charge in [-0.1, -0.05) is 0 Å². The summed E-state index contributed by atoms with van der Waals surface area (Å²) in [5, 5.41) is 4.95. The van der Waals surface area contributed by atoms with Crippen molar-refractivity contribution in [2.45, 2.75) is 20.4 Å². The van der Waals surface area contributed by atoms with Gasteiger partial charge in [0.2, 0.25) is 0 Å². The zero-order chi connectivity index (χ0) is 16.1. The molecular formula is C16H18BrNO3S. The maximum atomic E-state index is 12.3. The Hall–Kier alpha value is -1.53. The van der Waals surface area contributed by atoms with Gasteiger partial charge in [-0.05, 0) is 58.9 Å². The summed E-state index contributed by atoms with van der Waals surface area (Å²) in [5.74, 6) is 0.999. The first-order valence-corrected chi connectivity index (χ1v) is 8.55. The van der Waals surface area contributed by atoms with Crippen LogP contribution in [0.3, 0.4) is 0 Å². The lowest BCUT2D eigenvalue weighted by atomic mass is 10.2. The molecule has 0 radical (unpaired) electrons. The van der Waals surface area contributed by atoms with E-state index in [1.54, 1.807) is 30.6 Å². The van der Waals surface area contributed by atoms with Gasteiger partial charge in [0.1, 0.15) is 0 Å². The highest BCUT2D eigenvalue weighted by Crippen LogP contribution is 2.36. The Kier molecular flexibility index (Phi) is 5.85. The van der Waals surface area contributed by atoms with Crippen LogP contribution in [0, 0.1) is 6.92 Å². The Morgan fingerprint density at radius 1 is 1.41 bits per heavy atom. The van der Waals surface area contributed by atoms with E-state index < -0.39 is 0 Å². The minimum absolute atomic E-state index is 0.144. The van der Waals surface area contributed by atoms with Crippen LogP contribution in [0.2, 0.25) is 0 Å². The second-order valence-corrected chi connectivity index (χ2v) is 6.49. The Morgan fingerprint density at radius 3 is 2.77 bits per heavy atom. The number of ether oxygens (including phenoxy) is 2. The van der Waals surface area contributed by atoms with Crippen LogP contribution in [0.15, 0.2) is 28.1 Å². The number of benzene rings is 1. The average Bonchev–Trinajstić information content (AvgIpc) is 2.92. The van der Waals surface area contributed by atoms with E-state index in [0.717, 1.165) is 4.88 Å². The lowest BCUT2D eigenvalue weighted by molar-refractivity contribution is 0.0951. The SMILES string of the molecule is CCOc1c(Br)cc(C(=O)NCc2sccc2C)cc1OC. The molecule has 0 aliphatic rings. The Labute approximate surface area is 142 Å². The van der Waals surface area contributed by atoms with Crippen LogP contribution in [0.1, 0.15) is 27.7 Å². The summed E-state index contributed by atoms with van der Waals surface area (Å²) in [5.41, 5.74) is 1.72. The van der Waals surface area contributed by atoms with Gasteiger partial charge in [0, 0.05) is 10.4 Å². The van der Waals surface area contributed by atoms with Crippen molar-refractivity contribution in [2.75, 3.05) is 13.7 Å². The third-order valence-corrected chi connectivity index (χ3v) is 4.77. The molecule has 1 amide bonds. The second kappa shape index (κ2) is 7.65. The summed E-state index contributed by atoms with van der Waals surface area (Å²) in [7, 11) is 1.56. The van der Waals surface area contributed by atoms with Crippen molar-refractivity contribution in [3.63, 3.8) is 0 Å². The predicted molar refractivity (Wildman–Crippen MR) is 92.1 cm³/mol. The standard InChI is InChI=1S/C16H18BrNO3S/c1-4-21-15-12(17)7-11(8-13(15)20-3)16(19)18-9-14-10(2)5-6-22-14/h5-8H,4,9H2,1-3H3,(H,18,19). The molecule has 0 spiro atoms. The molecule has 0 aliphatic heterocycles. The summed E-state index contributed by atoms with van der Waals surface area (Å²) < 4.78 is 11.5. The maximum Gasteiger partial charge on any atom is 0.251 e. The van der Waals surface area contributed by atoms with E-state index in [0.29, 0.717) is 34.7 Å². The number of thiophene rings is 1. The van der Waals surface area contributed by atoms with Crippen molar-refractivity contribution in [3.8, 4) is 11.5 Å². The monoisotopic (exact) mass is 383 g/mol. The zero-order valence-corrected chi connectivity index (χ0v) is 15.1. The number of halogens is 1. The summed E-state index contributed by atoms with van der Waals surface area (Å²) in [6.07, 6.45) is 0. The summed E-state index contributed by atoms with van der Waals surface area (Å²) in [6.45, 7) is 4.98. The highest BCUT2D eigenvalue weighted by Gasteiger charge is 2.15. The Balaban J connectivity index is 2.16. The largest absolute Gasteiger partial charge is 0.493 e. The molecule has 0 atom stereocenters. The number of hydrogen-bond donors (Lipinski definition) is 1. The third-order valence-electron chi connectivity index (χ3n) is 3.16. The average molecular weight is 384 g/mol. The van der Waals surface area contributed by atoms with Crippen molar-refractivity contribution in [3.05, 3.63) is 44.1 Å². The maximum absolute atomic E-state index is 12.3. The summed E-state index contributed by atoms with van der Waals surface area (Å²) >= 11 is 5.06. The first-order valence-electron chi connectivity index (χ1n) is 6.88. The fraction of sp³-hybridized carbons (Fsp3) is 0.312. The van der Waals surface area contributed by atoms with Gasteiger partial charge in [-0.25, -0.2) is 0 Å². The molecule has 0 fully saturated rings. The molecule has 1 N–H and O–H groups in total. The van der Waals surface area contributed by atoms with Crippen molar-refractivity contribution in [1.29, 1.82) is 0 Å². The number of carbonyl (C=O) groups is 1. The number of aryl methyl sites for hydroxylation is 1. The fourth-order valence-corrected chi connectivity index (χ4v) is 3.39. The van der Waals surface area contributed by atoms with Crippen LogP contribution < -0.4 is 14.8 Å². The number of carbonyl (C=O) groups excluding carboxylic acids is 1. The van der Waals surface area contributed by atoms with E-state index in [1.807, 2.05) is 25.3 Å². The van der Waals surface area contributed by atoms with Crippen molar-refractivity contribution < 1.29 is 14.3 Å². The molecule has 0 saturated heterocycles. The molecule has 6 heteroatoms. The van der Waals surface area contributed by atoms with Gasteiger partial charge in [0.15, 0.2) is 11.5 Å². The summed E-state index contributed by atoms with van der Waals surface area (Å²) in [4.78, 5) is 13.5. The lowest BCUT2D eigenvalue weighted by Gasteiger charge is -2.13. The first-order chi connectivity index (χ1) is 10.6. The van der Waals surface area contributed by atoms with Gasteiger partial charge >= 0.3 is 0 Å². The number of rotatable bonds is 6. The van der Waals surface area contributed by atoms with E-state index in [9.17, 15) is 4.79 Å². The van der Waals surface area contributed by atoms with Gasteiger partial charge in [0.05, 0.1) is 24.7 Å². The van der Waals surface area contributed by atoms with Crippen molar-refractivity contribution >= 4 is 33.2 Å². The fourth-order valence-electron chi connectivity index (χ4n) is 1.98. The summed E-state index contributed by atoms with van der Waals surface area (Å²) in [6, 6.07) is 5.47. The second-order valence-electron chi connectivity index (χ2n) is 4.63. The molecule has 1 aromatic carbocycles. The Morgan fingerprint density at radius 2 is 2.18 bits per heavy atom. The van der Waals surface area contributed by atoms with Crippen LogP contribution >= 0.6 is 27.3 Å². The van der Waals surface area contributed by atoms with E-state index in [-0.39, 0.29) is 5.91 Å². The molecule has 2 aromatic rings. The van der Waals surface area contributed by atoms with E-state index in [1.165, 1.54) is 5.56 Å². The first kappa shape index (κ1) is 16.8. The number of hydrogen-bond acceptors (Lipinski definition) is 4. The molecule has 1 aromatic heterocycles. The zero-order valence-electron chi connectivity index (χ0n) is 12.7. The quantitative estimate of drug-likeness (QED) is 0.814. The van der Waals surface area contributed by atoms with Crippen LogP contribution in [-0.2, 0) is 6.54 Å². The van der Waals surface area contributed by atoms with Gasteiger partial charge in [-0.2, -0.15) is 0 Å². The molecule has 1 heterocycles. The molecular weight excluding hydrogens is 366 g/mol. The van der Waals surface area contributed by atoms with Gasteiger partial charge in [-0.15, -0.1) is 11.3 Å². The molecule has 0 aliphatic carbocycles. The molecule has 0 saturated carbocycles. The topological polar surface area (TPSA) is 47.6 Å². The van der Waals surface area contributed by atoms with E-state index in [2.05, 4.69) is 21.2 Å². The molecule has 2 rings (SSSR count). The minimum Gasteiger partial charge on any atom is -0.493 e. The van der Waals surface area contributed by atoms with Crippen LogP contribution in [0.25, 0.3) is 0 Å². The Bertz CT molecular complexity index is 669. The number of amides is 1. The van der Waals surface area contributed by atoms with Crippen molar-refractivity contribution in [2.24, 2.45) is 0 Å². The normalized spacial score (nSPS) is 10.4. The van der Waals surface area contributed by atoms with Gasteiger partial charge in [0.25, 0.3) is 5.91 Å². The van der Waals surface area contributed by atoms with Crippen LogP contribution in [0.5, 0.6) is 11.5 Å². The molecule has 0 bridgehead atoms.